The maximum Gasteiger partial charge on any atom is 0.321 e. The molecule has 0 radical (unpaired) electrons. The Morgan fingerprint density at radius 3 is 2.75 bits per heavy atom. The number of anilines is 1. The largest absolute Gasteiger partial charge is 0.383 e. The number of nitrogens with one attached hydrogen (secondary N) is 1. The zero-order valence-corrected chi connectivity index (χ0v) is 15.8. The van der Waals surface area contributed by atoms with Gasteiger partial charge in [0.25, 0.3) is 0 Å². The Morgan fingerprint density at radius 1 is 1.18 bits per heavy atom. The van der Waals surface area contributed by atoms with E-state index < -0.39 is 5.60 Å². The van der Waals surface area contributed by atoms with E-state index in [-0.39, 0.29) is 12.6 Å². The number of β-amino-alcohol motifs (C(OH)–C–C–N with tert-alkyl or cyclic N) is 1. The van der Waals surface area contributed by atoms with Crippen LogP contribution in [0.25, 0.3) is 5.69 Å². The summed E-state index contributed by atoms with van der Waals surface area (Å²) >= 11 is 0. The standard InChI is InChI=1S/C20H22N6O2/c1-14-6-3-4-9-18(14)20(28)10-11-25(13-20)19(27)21-16-7-5-8-17(12-16)26-15(2)22-23-24-26/h3-9,12,28H,10-11,13H2,1-2H3,(H,21,27)/t20-/m1/s1. The van der Waals surface area contributed by atoms with Crippen molar-refractivity contribution in [3.8, 4) is 5.69 Å². The lowest BCUT2D eigenvalue weighted by molar-refractivity contribution is 0.0494. The number of aryl methyl sites for hydroxylation is 2. The molecule has 0 unspecified atom stereocenters. The number of nitrogens with zero attached hydrogens (tertiary/aromatic N) is 5. The average Bonchev–Trinajstić information content (AvgIpc) is 3.29. The number of rotatable bonds is 3. The zero-order chi connectivity index (χ0) is 19.7. The van der Waals surface area contributed by atoms with E-state index in [0.29, 0.717) is 24.5 Å². The van der Waals surface area contributed by atoms with Gasteiger partial charge >= 0.3 is 6.03 Å². The lowest BCUT2D eigenvalue weighted by Crippen LogP contribution is -2.37. The van der Waals surface area contributed by atoms with Gasteiger partial charge in [-0.2, -0.15) is 4.68 Å². The van der Waals surface area contributed by atoms with E-state index in [2.05, 4.69) is 20.8 Å². The molecule has 1 atom stereocenters. The molecule has 3 aromatic rings. The molecule has 1 aliphatic rings. The zero-order valence-electron chi connectivity index (χ0n) is 15.8. The van der Waals surface area contributed by atoms with Crippen molar-refractivity contribution in [2.24, 2.45) is 0 Å². The van der Waals surface area contributed by atoms with Crippen LogP contribution in [0.3, 0.4) is 0 Å². The van der Waals surface area contributed by atoms with E-state index in [9.17, 15) is 9.90 Å². The Morgan fingerprint density at radius 2 is 2.00 bits per heavy atom. The Bertz CT molecular complexity index is 1020. The third kappa shape index (κ3) is 3.34. The molecule has 1 aliphatic heterocycles. The summed E-state index contributed by atoms with van der Waals surface area (Å²) in [5.74, 6) is 0.659. The summed E-state index contributed by atoms with van der Waals surface area (Å²) in [7, 11) is 0. The van der Waals surface area contributed by atoms with Gasteiger partial charge in [-0.05, 0) is 60.0 Å². The Hall–Kier alpha value is -3.26. The molecule has 0 bridgehead atoms. The molecule has 1 saturated heterocycles. The predicted molar refractivity (Wildman–Crippen MR) is 104 cm³/mol. The number of benzene rings is 2. The van der Waals surface area contributed by atoms with Gasteiger partial charge in [0.05, 0.1) is 12.2 Å². The van der Waals surface area contributed by atoms with Gasteiger partial charge in [0, 0.05) is 12.2 Å². The molecule has 0 saturated carbocycles. The molecule has 28 heavy (non-hydrogen) atoms. The number of carbonyl (C=O) groups is 1. The smallest absolute Gasteiger partial charge is 0.321 e. The third-order valence-electron chi connectivity index (χ3n) is 5.15. The first-order valence-corrected chi connectivity index (χ1v) is 9.16. The van der Waals surface area contributed by atoms with Crippen molar-refractivity contribution in [3.05, 3.63) is 65.5 Å². The van der Waals surface area contributed by atoms with Crippen molar-refractivity contribution in [1.82, 2.24) is 25.1 Å². The SMILES string of the molecule is Cc1ccccc1[C@@]1(O)CCN(C(=O)Nc2cccc(-n3nnnc3C)c2)C1. The Labute approximate surface area is 162 Å². The molecule has 1 aromatic heterocycles. The number of aromatic nitrogens is 4. The van der Waals surface area contributed by atoms with E-state index in [0.717, 1.165) is 16.8 Å². The van der Waals surface area contributed by atoms with Gasteiger partial charge < -0.3 is 15.3 Å². The molecule has 2 aromatic carbocycles. The van der Waals surface area contributed by atoms with Crippen molar-refractivity contribution in [1.29, 1.82) is 0 Å². The molecule has 2 amide bonds. The summed E-state index contributed by atoms with van der Waals surface area (Å²) in [5.41, 5.74) is 2.29. The number of carbonyl (C=O) groups excluding carboxylic acids is 1. The lowest BCUT2D eigenvalue weighted by atomic mass is 9.89. The minimum atomic E-state index is -1.02. The minimum Gasteiger partial charge on any atom is -0.383 e. The second-order valence-corrected chi connectivity index (χ2v) is 7.14. The first-order chi connectivity index (χ1) is 13.5. The van der Waals surface area contributed by atoms with Crippen LogP contribution in [0.1, 0.15) is 23.4 Å². The second kappa shape index (κ2) is 7.05. The van der Waals surface area contributed by atoms with Gasteiger partial charge in [0.1, 0.15) is 5.60 Å². The van der Waals surface area contributed by atoms with E-state index in [1.807, 2.05) is 62.4 Å². The van der Waals surface area contributed by atoms with Crippen LogP contribution in [-0.2, 0) is 5.60 Å². The first-order valence-electron chi connectivity index (χ1n) is 9.16. The van der Waals surface area contributed by atoms with E-state index in [1.54, 1.807) is 9.58 Å². The molecule has 0 spiro atoms. The molecule has 144 valence electrons. The van der Waals surface area contributed by atoms with Crippen LogP contribution in [0.4, 0.5) is 10.5 Å². The highest BCUT2D eigenvalue weighted by Gasteiger charge is 2.40. The quantitative estimate of drug-likeness (QED) is 0.730. The van der Waals surface area contributed by atoms with Gasteiger partial charge in [0.15, 0.2) is 5.82 Å². The molecule has 1 fully saturated rings. The van der Waals surface area contributed by atoms with Gasteiger partial charge in [0.2, 0.25) is 0 Å². The lowest BCUT2D eigenvalue weighted by Gasteiger charge is -2.25. The molecule has 4 rings (SSSR count). The van der Waals surface area contributed by atoms with Crippen LogP contribution in [-0.4, -0.2) is 49.3 Å². The molecule has 8 heteroatoms. The van der Waals surface area contributed by atoms with E-state index in [1.165, 1.54) is 0 Å². The fraction of sp³-hybridized carbons (Fsp3) is 0.300. The van der Waals surface area contributed by atoms with Crippen LogP contribution < -0.4 is 5.32 Å². The molecule has 2 heterocycles. The van der Waals surface area contributed by atoms with Gasteiger partial charge in [-0.1, -0.05) is 30.3 Å². The van der Waals surface area contributed by atoms with Crippen LogP contribution in [0, 0.1) is 13.8 Å². The number of hydrogen-bond acceptors (Lipinski definition) is 5. The fourth-order valence-corrected chi connectivity index (χ4v) is 3.67. The number of amides is 2. The molecular weight excluding hydrogens is 356 g/mol. The molecule has 0 aliphatic carbocycles. The summed E-state index contributed by atoms with van der Waals surface area (Å²) in [6, 6.07) is 14.8. The van der Waals surface area contributed by atoms with Crippen molar-refractivity contribution >= 4 is 11.7 Å². The highest BCUT2D eigenvalue weighted by Crippen LogP contribution is 2.34. The maximum absolute atomic E-state index is 12.7. The number of aliphatic hydroxyl groups is 1. The summed E-state index contributed by atoms with van der Waals surface area (Å²) in [4.78, 5) is 14.4. The number of tetrazole rings is 1. The topological polar surface area (TPSA) is 96.2 Å². The fourth-order valence-electron chi connectivity index (χ4n) is 3.67. The van der Waals surface area contributed by atoms with Crippen molar-refractivity contribution in [3.63, 3.8) is 0 Å². The Balaban J connectivity index is 1.48. The molecular formula is C20H22N6O2. The molecule has 2 N–H and O–H groups in total. The predicted octanol–water partition coefficient (Wildman–Crippen LogP) is 2.40. The third-order valence-corrected chi connectivity index (χ3v) is 5.15. The normalized spacial score (nSPS) is 19.0. The molecule has 8 nitrogen and oxygen atoms in total. The van der Waals surface area contributed by atoms with Crippen molar-refractivity contribution < 1.29 is 9.90 Å². The van der Waals surface area contributed by atoms with Gasteiger partial charge in [-0.25, -0.2) is 4.79 Å². The van der Waals surface area contributed by atoms with Crippen molar-refractivity contribution in [2.75, 3.05) is 18.4 Å². The monoisotopic (exact) mass is 378 g/mol. The van der Waals surface area contributed by atoms with Crippen LogP contribution in [0.2, 0.25) is 0 Å². The average molecular weight is 378 g/mol. The van der Waals surface area contributed by atoms with Crippen LogP contribution >= 0.6 is 0 Å². The van der Waals surface area contributed by atoms with Gasteiger partial charge in [-0.3, -0.25) is 0 Å². The first kappa shape index (κ1) is 18.1. The van der Waals surface area contributed by atoms with Crippen LogP contribution in [0.5, 0.6) is 0 Å². The number of hydrogen-bond donors (Lipinski definition) is 2. The van der Waals surface area contributed by atoms with Crippen LogP contribution in [0.15, 0.2) is 48.5 Å². The highest BCUT2D eigenvalue weighted by molar-refractivity contribution is 5.90. The second-order valence-electron chi connectivity index (χ2n) is 7.14. The Kier molecular flexibility index (Phi) is 4.56. The van der Waals surface area contributed by atoms with E-state index in [4.69, 9.17) is 0 Å². The van der Waals surface area contributed by atoms with Crippen molar-refractivity contribution in [2.45, 2.75) is 25.9 Å². The van der Waals surface area contributed by atoms with Gasteiger partial charge in [-0.15, -0.1) is 5.10 Å². The minimum absolute atomic E-state index is 0.241. The maximum atomic E-state index is 12.7. The van der Waals surface area contributed by atoms with E-state index >= 15 is 0 Å². The summed E-state index contributed by atoms with van der Waals surface area (Å²) in [6.07, 6.45) is 0.509. The highest BCUT2D eigenvalue weighted by atomic mass is 16.3. The summed E-state index contributed by atoms with van der Waals surface area (Å²) in [5, 5.41) is 25.4. The summed E-state index contributed by atoms with van der Waals surface area (Å²) in [6.45, 7) is 4.53. The number of urea groups is 1. The summed E-state index contributed by atoms with van der Waals surface area (Å²) < 4.78 is 1.60. The number of likely N-dealkylation sites (tertiary alicyclic amines) is 1.